The number of likely N-dealkylation sites (N-methyl/N-ethyl adjacent to an activating group) is 2. The van der Waals surface area contributed by atoms with Crippen molar-refractivity contribution >= 4 is 17.4 Å². The number of hydrogen-bond acceptors (Lipinski definition) is 9. The van der Waals surface area contributed by atoms with Crippen LogP contribution < -0.4 is 15.4 Å². The van der Waals surface area contributed by atoms with Gasteiger partial charge in [-0.05, 0) is 86.6 Å². The van der Waals surface area contributed by atoms with Gasteiger partial charge < -0.3 is 35.4 Å². The summed E-state index contributed by atoms with van der Waals surface area (Å²) in [4.78, 5) is 37.9. The van der Waals surface area contributed by atoms with Crippen molar-refractivity contribution in [3.8, 4) is 5.75 Å². The number of para-hydroxylation sites is 1. The van der Waals surface area contributed by atoms with Crippen molar-refractivity contribution in [2.75, 3.05) is 48.5 Å². The number of carbonyl (C=O) groups is 2. The normalized spacial score (nSPS) is 28.1. The van der Waals surface area contributed by atoms with E-state index in [1.165, 1.54) is 6.42 Å². The molecule has 11 nitrogen and oxygen atoms in total. The monoisotopic (exact) mass is 752 g/mol. The summed E-state index contributed by atoms with van der Waals surface area (Å²) >= 11 is 0. The molecule has 54 heavy (non-hydrogen) atoms. The quantitative estimate of drug-likeness (QED) is 0.139. The van der Waals surface area contributed by atoms with Crippen molar-refractivity contribution in [2.24, 2.45) is 34.5 Å². The Kier molecular flexibility index (Phi) is 14.3. The molecule has 1 aromatic rings. The molecule has 0 radical (unpaired) electrons. The van der Waals surface area contributed by atoms with Crippen LogP contribution in [0.5, 0.6) is 5.75 Å². The summed E-state index contributed by atoms with van der Waals surface area (Å²) in [5.41, 5.74) is 3.22. The van der Waals surface area contributed by atoms with Gasteiger partial charge in [0.1, 0.15) is 17.9 Å². The summed E-state index contributed by atoms with van der Waals surface area (Å²) in [7, 11) is 9.41. The molecule has 1 aliphatic heterocycles. The van der Waals surface area contributed by atoms with Gasteiger partial charge in [-0.3, -0.25) is 14.4 Å². The minimum Gasteiger partial charge on any atom is -0.496 e. The first-order chi connectivity index (χ1) is 25.2. The lowest BCUT2D eigenvalue weighted by Gasteiger charge is -2.62. The number of fused-ring (bicyclic) bond motifs is 2. The lowest BCUT2D eigenvalue weighted by Crippen LogP contribution is -2.62. The van der Waals surface area contributed by atoms with Crippen molar-refractivity contribution in [2.45, 2.75) is 105 Å². The van der Waals surface area contributed by atoms with Crippen LogP contribution in [0.25, 0.3) is 5.57 Å². The van der Waals surface area contributed by atoms with E-state index >= 15 is 0 Å². The summed E-state index contributed by atoms with van der Waals surface area (Å²) in [6.07, 6.45) is 6.51. The average Bonchev–Trinajstić information content (AvgIpc) is 3.44. The van der Waals surface area contributed by atoms with Gasteiger partial charge >= 0.3 is 0 Å². The number of aliphatic hydroxyl groups is 2. The largest absolute Gasteiger partial charge is 0.496 e. The lowest BCUT2D eigenvalue weighted by atomic mass is 9.45. The van der Waals surface area contributed by atoms with E-state index < -0.39 is 24.2 Å². The highest BCUT2D eigenvalue weighted by atomic mass is 16.7. The molecule has 2 amide bonds. The highest BCUT2D eigenvalue weighted by Crippen LogP contribution is 2.61. The summed E-state index contributed by atoms with van der Waals surface area (Å²) < 4.78 is 6.07. The van der Waals surface area contributed by atoms with Crippen molar-refractivity contribution < 1.29 is 29.4 Å². The summed E-state index contributed by atoms with van der Waals surface area (Å²) in [6, 6.07) is 4.90. The minimum atomic E-state index is -0.907. The zero-order valence-corrected chi connectivity index (χ0v) is 35.0. The molecule has 3 aliphatic carbocycles. The maximum Gasteiger partial charge on any atom is 0.244 e. The van der Waals surface area contributed by atoms with E-state index in [1.54, 1.807) is 31.2 Å². The molecule has 4 fully saturated rings. The van der Waals surface area contributed by atoms with Crippen LogP contribution in [0, 0.1) is 34.5 Å². The van der Waals surface area contributed by atoms with Gasteiger partial charge in [-0.1, -0.05) is 66.3 Å². The summed E-state index contributed by atoms with van der Waals surface area (Å²) in [5, 5.41) is 29.4. The van der Waals surface area contributed by atoms with E-state index in [0.717, 1.165) is 36.2 Å². The first-order valence-corrected chi connectivity index (χ1v) is 19.6. The second kappa shape index (κ2) is 17.7. The van der Waals surface area contributed by atoms with E-state index in [1.807, 2.05) is 57.4 Å². The molecule has 9 atom stereocenters. The lowest BCUT2D eigenvalue weighted by molar-refractivity contribution is -0.183. The Bertz CT molecular complexity index is 1540. The van der Waals surface area contributed by atoms with Gasteiger partial charge in [-0.15, -0.1) is 0 Å². The third kappa shape index (κ3) is 10.1. The smallest absolute Gasteiger partial charge is 0.244 e. The van der Waals surface area contributed by atoms with Crippen LogP contribution in [-0.2, 0) is 21.0 Å². The third-order valence-electron chi connectivity index (χ3n) is 12.1. The maximum absolute atomic E-state index is 14.3. The topological polar surface area (TPSA) is 127 Å². The molecule has 1 saturated heterocycles. The fourth-order valence-corrected chi connectivity index (χ4v) is 9.11. The Morgan fingerprint density at radius 2 is 1.85 bits per heavy atom. The Morgan fingerprint density at radius 3 is 2.39 bits per heavy atom. The number of allylic oxidation sites excluding steroid dienone is 3. The number of hydrogen-bond donors (Lipinski definition) is 4. The van der Waals surface area contributed by atoms with Gasteiger partial charge in [0.2, 0.25) is 11.8 Å². The molecular weight excluding hydrogens is 683 g/mol. The molecule has 2 bridgehead atoms. The number of amides is 2. The Hall–Kier alpha value is -3.22. The number of carbonyl (C=O) groups excluding carboxylic acids is 2. The van der Waals surface area contributed by atoms with Crippen molar-refractivity contribution in [3.05, 3.63) is 59.8 Å². The second-order valence-corrected chi connectivity index (χ2v) is 18.3. The van der Waals surface area contributed by atoms with Crippen LogP contribution in [-0.4, -0.2) is 116 Å². The molecule has 302 valence electrons. The van der Waals surface area contributed by atoms with Crippen LogP contribution in [0.3, 0.4) is 0 Å². The average molecular weight is 752 g/mol. The Morgan fingerprint density at radius 1 is 1.17 bits per heavy atom. The van der Waals surface area contributed by atoms with Crippen molar-refractivity contribution in [1.82, 2.24) is 25.5 Å². The minimum absolute atomic E-state index is 0.0307. The number of rotatable bonds is 16. The zero-order valence-electron chi connectivity index (χ0n) is 35.0. The van der Waals surface area contributed by atoms with Crippen LogP contribution in [0.4, 0.5) is 0 Å². The Balaban J connectivity index is 1.65. The molecule has 1 aromatic carbocycles. The van der Waals surface area contributed by atoms with Gasteiger partial charge in [-0.2, -0.15) is 5.06 Å². The van der Waals surface area contributed by atoms with Crippen LogP contribution in [0.1, 0.15) is 78.9 Å². The molecule has 0 unspecified atom stereocenters. The van der Waals surface area contributed by atoms with E-state index in [0.29, 0.717) is 29.1 Å². The first-order valence-electron chi connectivity index (χ1n) is 19.6. The molecule has 5 rings (SSSR count). The fourth-order valence-electron chi connectivity index (χ4n) is 9.11. The standard InChI is InChI=1S/C43H69N5O6/c1-26(47(11)12)19-29(17-18-37(51)44-32(24-46(9)10)22-42(4,5)6)33-16-14-15-30(40(33)53-13)23-48-39(38(28(3)50)36(25-49)54-48)41(52)45-35-21-31-20-34(27(35)2)43(31,7)8/h14-19,27-28,31-32,34-36,38-39,49-50H,1,20-25H2,2-13H3,(H,44,51)(H,45,52)/b18-17+,29-19+/t27-,28-,31-,32-,34+,35-,36-,38+,39-/m0/s1. The van der Waals surface area contributed by atoms with E-state index in [2.05, 4.69) is 63.7 Å². The van der Waals surface area contributed by atoms with Crippen molar-refractivity contribution in [3.63, 3.8) is 0 Å². The molecule has 4 aliphatic rings. The Labute approximate surface area is 324 Å². The number of benzene rings is 1. The SMILES string of the molecule is C=C(/C=C(\C=C\C(=O)N[C@H](CN(C)C)CC(C)(C)C)c1cccc(CN2O[C@@H](CO)[C@@H]([C@H](C)O)[C@H]2C(=O)N[C@H]2C[C@@H]3C[C@H]([C@@H]2C)C3(C)C)c1OC)N(C)C. The van der Waals surface area contributed by atoms with Crippen LogP contribution >= 0.6 is 0 Å². The number of hydroxylamine groups is 2. The van der Waals surface area contributed by atoms with Gasteiger partial charge in [0.15, 0.2) is 0 Å². The first kappa shape index (κ1) is 43.5. The van der Waals surface area contributed by atoms with E-state index in [-0.39, 0.29) is 47.9 Å². The summed E-state index contributed by atoms with van der Waals surface area (Å²) in [6.45, 7) is 19.8. The predicted molar refractivity (Wildman–Crippen MR) is 215 cm³/mol. The summed E-state index contributed by atoms with van der Waals surface area (Å²) in [5.74, 6) is 0.937. The van der Waals surface area contributed by atoms with Gasteiger partial charge in [0.05, 0.1) is 26.4 Å². The molecule has 1 heterocycles. The fraction of sp³-hybridized carbons (Fsp3) is 0.674. The number of ether oxygens (including phenoxy) is 1. The molecule has 11 heteroatoms. The number of nitrogens with zero attached hydrogens (tertiary/aromatic N) is 3. The maximum atomic E-state index is 14.3. The number of aliphatic hydroxyl groups excluding tert-OH is 2. The highest BCUT2D eigenvalue weighted by molar-refractivity contribution is 5.92. The predicted octanol–water partition coefficient (Wildman–Crippen LogP) is 4.85. The van der Waals surface area contributed by atoms with Crippen LogP contribution in [0.2, 0.25) is 0 Å². The van der Waals surface area contributed by atoms with Gasteiger partial charge in [0, 0.05) is 61.5 Å². The third-order valence-corrected chi connectivity index (χ3v) is 12.1. The molecule has 0 spiro atoms. The second-order valence-electron chi connectivity index (χ2n) is 18.3. The van der Waals surface area contributed by atoms with Crippen molar-refractivity contribution in [1.29, 1.82) is 0 Å². The van der Waals surface area contributed by atoms with Crippen LogP contribution in [0.15, 0.2) is 48.7 Å². The van der Waals surface area contributed by atoms with Gasteiger partial charge in [-0.25, -0.2) is 0 Å². The molecular formula is C43H69N5O6. The number of methoxy groups -OCH3 is 1. The number of nitrogens with one attached hydrogen (secondary N) is 2. The van der Waals surface area contributed by atoms with Gasteiger partial charge in [0.25, 0.3) is 0 Å². The van der Waals surface area contributed by atoms with E-state index in [4.69, 9.17) is 9.57 Å². The molecule has 4 N–H and O–H groups in total. The molecule has 3 saturated carbocycles. The zero-order chi connectivity index (χ0) is 40.3. The van der Waals surface area contributed by atoms with E-state index in [9.17, 15) is 19.8 Å². The highest BCUT2D eigenvalue weighted by Gasteiger charge is 2.57. The molecule has 0 aromatic heterocycles.